The van der Waals surface area contributed by atoms with Gasteiger partial charge in [0.2, 0.25) is 0 Å². The van der Waals surface area contributed by atoms with Gasteiger partial charge in [0, 0.05) is 43.7 Å². The zero-order valence-electron chi connectivity index (χ0n) is 57.6. The number of ether oxygens (including phenoxy) is 12. The number of hydrogen-bond donors (Lipinski definition) is 2. The fraction of sp³-hybridized carbons (Fsp3) is 0.551. The minimum atomic E-state index is -3.55. The van der Waals surface area contributed by atoms with Crippen molar-refractivity contribution in [2.24, 2.45) is 0 Å². The summed E-state index contributed by atoms with van der Waals surface area (Å²) in [5, 5.41) is 17.3. The lowest BCUT2D eigenvalue weighted by Crippen LogP contribution is -2.26. The molecule has 0 unspecified atom stereocenters. The van der Waals surface area contributed by atoms with Gasteiger partial charge in [-0.25, -0.2) is 37.2 Å². The Labute approximate surface area is 561 Å². The van der Waals surface area contributed by atoms with Gasteiger partial charge in [0.15, 0.2) is 5.78 Å². The molecular weight excluding hydrogens is 1260 g/mol. The molecule has 94 heavy (non-hydrogen) atoms. The molecule has 2 N–H and O–H groups in total. The van der Waals surface area contributed by atoms with Gasteiger partial charge in [-0.15, -0.1) is 0 Å². The maximum Gasteiger partial charge on any atom is 0.337 e. The lowest BCUT2D eigenvalue weighted by Gasteiger charge is -2.19. The average molecular weight is 1370 g/mol. The van der Waals surface area contributed by atoms with Crippen LogP contribution in [0.25, 0.3) is 0 Å². The lowest BCUT2D eigenvalue weighted by molar-refractivity contribution is -0.161. The van der Waals surface area contributed by atoms with Crippen LogP contribution in [-0.2, 0) is 75.6 Å². The minimum absolute atomic E-state index is 0.0112. The van der Waals surface area contributed by atoms with Crippen LogP contribution in [0.4, 0.5) is 0 Å². The molecule has 0 fully saturated rings. The smallest absolute Gasteiger partial charge is 0.337 e. The molecule has 0 aromatic heterocycles. The second-order valence-corrected chi connectivity index (χ2v) is 25.8. The highest BCUT2D eigenvalue weighted by atomic mass is 35.7. The van der Waals surface area contributed by atoms with Gasteiger partial charge in [0.05, 0.1) is 56.1 Å². The van der Waals surface area contributed by atoms with E-state index in [4.69, 9.17) is 63.5 Å². The molecule has 530 valence electrons. The first-order valence-corrected chi connectivity index (χ1v) is 33.0. The second-order valence-electron chi connectivity index (χ2n) is 23.2. The van der Waals surface area contributed by atoms with Crippen molar-refractivity contribution in [3.8, 4) is 17.2 Å². The Morgan fingerprint density at radius 2 is 0.734 bits per heavy atom. The number of aliphatic hydroxyl groups is 1. The maximum absolute atomic E-state index is 11.4. The number of halogens is 1. The summed E-state index contributed by atoms with van der Waals surface area (Å²) in [6.45, 7) is 25.6. The van der Waals surface area contributed by atoms with Crippen molar-refractivity contribution in [1.82, 2.24) is 0 Å². The number of aromatic hydroxyl groups is 1. The molecule has 23 nitrogen and oxygen atoms in total. The van der Waals surface area contributed by atoms with Gasteiger partial charge in [0.25, 0.3) is 9.05 Å². The van der Waals surface area contributed by atoms with Gasteiger partial charge in [0.1, 0.15) is 60.5 Å². The number of phenols is 1. The van der Waals surface area contributed by atoms with E-state index in [0.717, 1.165) is 56.9 Å². The average Bonchev–Trinajstić information content (AvgIpc) is 0.984. The summed E-state index contributed by atoms with van der Waals surface area (Å²) in [5.41, 5.74) is 1.07. The molecule has 0 amide bonds. The summed E-state index contributed by atoms with van der Waals surface area (Å²) in [6.07, 6.45) is 8.05. The van der Waals surface area contributed by atoms with Crippen LogP contribution in [-0.4, -0.2) is 171 Å². The zero-order valence-corrected chi connectivity index (χ0v) is 59.2. The van der Waals surface area contributed by atoms with Gasteiger partial charge in [-0.3, -0.25) is 4.79 Å². The first kappa shape index (κ1) is 88.9. The van der Waals surface area contributed by atoms with Crippen LogP contribution >= 0.6 is 10.7 Å². The molecule has 25 heteroatoms. The van der Waals surface area contributed by atoms with Crippen molar-refractivity contribution >= 4 is 61.3 Å². The van der Waals surface area contributed by atoms with E-state index >= 15 is 0 Å². The van der Waals surface area contributed by atoms with Gasteiger partial charge < -0.3 is 67.1 Å². The van der Waals surface area contributed by atoms with Crippen LogP contribution in [0.15, 0.2) is 102 Å². The van der Waals surface area contributed by atoms with E-state index in [1.54, 1.807) is 60.7 Å². The third-order valence-electron chi connectivity index (χ3n) is 10.9. The number of hydrogen-bond acceptors (Lipinski definition) is 23. The SMILES string of the molecule is CC(C)(C)OC(=O)COCCCCO.CCCCCOCC(=O)OC(C)(C)C.COC(=O)c1ccc(O)cc1.COC(=O)c1ccc(OCCCCOCC(=O)OC(C)(C)C)cc1.COC(=O)c1ccc(OCCCCOCC(C)=O)cc1.Cc1ccc(S(=O)(=O)Cl)cc1. The van der Waals surface area contributed by atoms with Crippen LogP contribution in [0.5, 0.6) is 17.2 Å². The Balaban J connectivity index is 0. The normalized spacial score (nSPS) is 10.8. The largest absolute Gasteiger partial charge is 0.508 e. The van der Waals surface area contributed by atoms with Crippen molar-refractivity contribution in [3.05, 3.63) is 119 Å². The Bertz CT molecular complexity index is 2790. The highest BCUT2D eigenvalue weighted by Crippen LogP contribution is 2.17. The standard InChI is InChI=1S/C18H26O6.C15H20O5.C11H22O3.C10H20O4.C8H8O3.C7H7ClO2S/c1-18(2,3)24-16(19)13-22-11-5-6-12-23-15-9-7-14(8-10-15)17(20)21-4;1-12(16)11-19-9-3-4-10-20-14-7-5-13(6-8-14)15(17)18-2;1-5-6-7-8-13-9-10(12)14-11(2,3)4;1-10(2,3)14-9(12)8-13-7-5-4-6-11;1-11-8(10)6-2-4-7(9)5-3-6;1-6-2-4-7(5-3-6)11(8,9)10/h7-10H,5-6,11-13H2,1-4H3;5-8H,3-4,9-11H2,1-2H3;5-9H2,1-4H3;11H,4-8H2,1-3H3;2-5,9H,1H3;2-5H,1H3. The summed E-state index contributed by atoms with van der Waals surface area (Å²) in [7, 11) is 5.54. The molecule has 0 atom stereocenters. The Kier molecular flexibility index (Phi) is 48.4. The molecule has 0 aliphatic rings. The van der Waals surface area contributed by atoms with Crippen LogP contribution in [0.2, 0.25) is 0 Å². The summed E-state index contributed by atoms with van der Waals surface area (Å²) >= 11 is 0. The minimum Gasteiger partial charge on any atom is -0.508 e. The van der Waals surface area contributed by atoms with Gasteiger partial charge in [-0.2, -0.15) is 0 Å². The number of unbranched alkanes of at least 4 members (excludes halogenated alkanes) is 5. The molecule has 0 saturated heterocycles. The molecule has 0 radical (unpaired) electrons. The number of carbonyl (C=O) groups is 7. The molecule has 0 heterocycles. The lowest BCUT2D eigenvalue weighted by atomic mass is 10.2. The van der Waals surface area contributed by atoms with Crippen LogP contribution in [0.1, 0.15) is 171 Å². The molecular formula is C69H103ClO23S. The van der Waals surface area contributed by atoms with Gasteiger partial charge in [-0.1, -0.05) is 37.5 Å². The summed E-state index contributed by atoms with van der Waals surface area (Å²) < 4.78 is 82.1. The third-order valence-corrected chi connectivity index (χ3v) is 12.2. The topological polar surface area (TPSA) is 305 Å². The number of ketones is 1. The summed E-state index contributed by atoms with van der Waals surface area (Å²) in [6, 6.07) is 25.8. The number of carbonyl (C=O) groups excluding carboxylic acids is 7. The molecule has 4 rings (SSSR count). The van der Waals surface area contributed by atoms with Gasteiger partial charge >= 0.3 is 35.8 Å². The number of esters is 6. The maximum atomic E-state index is 11.4. The van der Waals surface area contributed by atoms with Crippen molar-refractivity contribution in [2.45, 2.75) is 163 Å². The molecule has 0 saturated carbocycles. The van der Waals surface area contributed by atoms with Crippen LogP contribution in [0.3, 0.4) is 0 Å². The number of phenolic OH excluding ortho intramolecular Hbond substituents is 1. The van der Waals surface area contributed by atoms with Crippen molar-refractivity contribution in [3.63, 3.8) is 0 Å². The van der Waals surface area contributed by atoms with E-state index in [-0.39, 0.29) is 79.3 Å². The number of Topliss-reactive ketones (excluding diaryl/α,β-unsaturated/α-hetero) is 1. The first-order valence-electron chi connectivity index (χ1n) is 30.7. The Hall–Kier alpha value is -7.19. The van der Waals surface area contributed by atoms with Gasteiger partial charge in [-0.05, 0) is 206 Å². The molecule has 0 spiro atoms. The number of aryl methyl sites for hydroxylation is 1. The third kappa shape index (κ3) is 53.2. The van der Waals surface area contributed by atoms with E-state index in [9.17, 15) is 42.0 Å². The number of rotatable bonds is 32. The fourth-order valence-electron chi connectivity index (χ4n) is 6.58. The predicted octanol–water partition coefficient (Wildman–Crippen LogP) is 12.0. The van der Waals surface area contributed by atoms with Crippen LogP contribution < -0.4 is 9.47 Å². The quantitative estimate of drug-likeness (QED) is 0.0199. The molecule has 0 aliphatic carbocycles. The molecule has 4 aromatic rings. The van der Waals surface area contributed by atoms with Crippen molar-refractivity contribution < 1.29 is 109 Å². The van der Waals surface area contributed by atoms with E-state index in [0.29, 0.717) is 74.3 Å². The monoisotopic (exact) mass is 1370 g/mol. The van der Waals surface area contributed by atoms with E-state index in [1.165, 1.54) is 64.7 Å². The molecule has 4 aromatic carbocycles. The number of methoxy groups -OCH3 is 3. The van der Waals surface area contributed by atoms with E-state index in [2.05, 4.69) is 21.1 Å². The van der Waals surface area contributed by atoms with E-state index < -0.39 is 31.8 Å². The first-order chi connectivity index (χ1) is 44.1. The number of aliphatic hydroxyl groups excluding tert-OH is 1. The molecule has 0 bridgehead atoms. The predicted molar refractivity (Wildman–Crippen MR) is 356 cm³/mol. The summed E-state index contributed by atoms with van der Waals surface area (Å²) in [4.78, 5) is 77.8. The zero-order chi connectivity index (χ0) is 71.6. The Morgan fingerprint density at radius 1 is 0.436 bits per heavy atom. The fourth-order valence-corrected chi connectivity index (χ4v) is 7.35. The van der Waals surface area contributed by atoms with Crippen LogP contribution in [0, 0.1) is 6.92 Å². The van der Waals surface area contributed by atoms with Crippen molar-refractivity contribution in [1.29, 1.82) is 0 Å². The number of benzene rings is 4. The summed E-state index contributed by atoms with van der Waals surface area (Å²) in [5.74, 6) is -0.544. The highest BCUT2D eigenvalue weighted by molar-refractivity contribution is 8.13. The van der Waals surface area contributed by atoms with Crippen molar-refractivity contribution in [2.75, 3.05) is 94.0 Å². The Morgan fingerprint density at radius 3 is 1.02 bits per heavy atom. The second kappa shape index (κ2) is 51.2. The highest BCUT2D eigenvalue weighted by Gasteiger charge is 2.18. The molecule has 0 aliphatic heterocycles. The van der Waals surface area contributed by atoms with E-state index in [1.807, 2.05) is 69.2 Å².